The lowest BCUT2D eigenvalue weighted by molar-refractivity contribution is -0.384. The van der Waals surface area contributed by atoms with E-state index in [4.69, 9.17) is 0 Å². The number of sulfone groups is 1. The van der Waals surface area contributed by atoms with Gasteiger partial charge in [0.15, 0.2) is 9.84 Å². The largest absolute Gasteiger partial charge is 0.378 e. The lowest BCUT2D eigenvalue weighted by Gasteiger charge is -2.21. The summed E-state index contributed by atoms with van der Waals surface area (Å²) in [6.07, 6.45) is 1.04. The molecule has 6 nitrogen and oxygen atoms in total. The fraction of sp³-hybridized carbons (Fsp3) is 0.500. The highest BCUT2D eigenvalue weighted by atomic mass is 32.2. The number of nitro benzene ring substituents is 1. The smallest absolute Gasteiger partial charge is 0.293 e. The molecule has 1 aliphatic heterocycles. The number of anilines is 1. The lowest BCUT2D eigenvalue weighted by atomic mass is 10.2. The second-order valence-electron chi connectivity index (χ2n) is 4.66. The highest BCUT2D eigenvalue weighted by Crippen LogP contribution is 2.29. The van der Waals surface area contributed by atoms with Gasteiger partial charge in [-0.25, -0.2) is 8.42 Å². The van der Waals surface area contributed by atoms with Crippen LogP contribution in [0.2, 0.25) is 0 Å². The number of thioether (sulfide) groups is 2. The first-order valence-electron chi connectivity index (χ1n) is 6.29. The molecule has 1 aromatic rings. The van der Waals surface area contributed by atoms with Crippen LogP contribution in [0.3, 0.4) is 0 Å². The van der Waals surface area contributed by atoms with Crippen molar-refractivity contribution in [1.29, 1.82) is 0 Å². The maximum atomic E-state index is 11.5. The minimum atomic E-state index is -3.45. The Labute approximate surface area is 132 Å². The molecule has 1 unspecified atom stereocenters. The Bertz CT molecular complexity index is 627. The number of nitrogens with zero attached hydrogens (tertiary/aromatic N) is 1. The molecular weight excluding hydrogens is 332 g/mol. The highest BCUT2D eigenvalue weighted by Gasteiger charge is 2.20. The summed E-state index contributed by atoms with van der Waals surface area (Å²) >= 11 is 3.74. The van der Waals surface area contributed by atoms with E-state index in [2.05, 4.69) is 5.32 Å². The van der Waals surface area contributed by atoms with Gasteiger partial charge in [0.05, 0.1) is 9.82 Å². The molecule has 1 fully saturated rings. The summed E-state index contributed by atoms with van der Waals surface area (Å²) in [5.41, 5.74) is 0.162. The molecule has 0 spiro atoms. The molecule has 9 heteroatoms. The van der Waals surface area contributed by atoms with E-state index in [9.17, 15) is 18.5 Å². The van der Waals surface area contributed by atoms with E-state index in [1.807, 2.05) is 23.5 Å². The highest BCUT2D eigenvalue weighted by molar-refractivity contribution is 8.06. The first kappa shape index (κ1) is 16.4. The first-order chi connectivity index (χ1) is 9.88. The van der Waals surface area contributed by atoms with Crippen LogP contribution in [0.25, 0.3) is 0 Å². The van der Waals surface area contributed by atoms with Gasteiger partial charge in [-0.05, 0) is 12.1 Å². The average Bonchev–Trinajstić information content (AvgIpc) is 2.45. The molecule has 1 atom stereocenters. The number of hydrogen-bond donors (Lipinski definition) is 1. The number of nitro groups is 1. The zero-order chi connectivity index (χ0) is 15.5. The summed E-state index contributed by atoms with van der Waals surface area (Å²) in [4.78, 5) is 10.5. The van der Waals surface area contributed by atoms with E-state index < -0.39 is 14.8 Å². The summed E-state index contributed by atoms with van der Waals surface area (Å²) in [5, 5.41) is 14.6. The van der Waals surface area contributed by atoms with Gasteiger partial charge in [0.2, 0.25) is 0 Å². The van der Waals surface area contributed by atoms with Crippen molar-refractivity contribution in [3.05, 3.63) is 28.3 Å². The fourth-order valence-corrected chi connectivity index (χ4v) is 5.17. The van der Waals surface area contributed by atoms with Crippen molar-refractivity contribution >= 4 is 44.7 Å². The van der Waals surface area contributed by atoms with Gasteiger partial charge in [-0.3, -0.25) is 10.1 Å². The Morgan fingerprint density at radius 3 is 2.76 bits per heavy atom. The van der Waals surface area contributed by atoms with Crippen molar-refractivity contribution in [3.63, 3.8) is 0 Å². The van der Waals surface area contributed by atoms with Crippen LogP contribution in [-0.2, 0) is 9.84 Å². The molecule has 0 saturated carbocycles. The lowest BCUT2D eigenvalue weighted by Crippen LogP contribution is -2.23. The predicted molar refractivity (Wildman–Crippen MR) is 88.3 cm³/mol. The monoisotopic (exact) mass is 348 g/mol. The predicted octanol–water partition coefficient (Wildman–Crippen LogP) is 2.26. The van der Waals surface area contributed by atoms with E-state index >= 15 is 0 Å². The summed E-state index contributed by atoms with van der Waals surface area (Å²) < 4.78 is 23.0. The maximum absolute atomic E-state index is 11.5. The SMILES string of the molecule is CS(=O)(=O)c1ccc(NCC2CSCCS2)c([N+](=O)[O-])c1. The molecule has 2 rings (SSSR count). The van der Waals surface area contributed by atoms with Gasteiger partial charge < -0.3 is 5.32 Å². The second kappa shape index (κ2) is 6.89. The van der Waals surface area contributed by atoms with Crippen LogP contribution in [0.1, 0.15) is 0 Å². The third kappa shape index (κ3) is 4.52. The number of benzene rings is 1. The van der Waals surface area contributed by atoms with Crippen molar-refractivity contribution in [2.75, 3.05) is 35.4 Å². The Morgan fingerprint density at radius 2 is 2.19 bits per heavy atom. The summed E-state index contributed by atoms with van der Waals surface area (Å²) in [5.74, 6) is 3.25. The van der Waals surface area contributed by atoms with Crippen LogP contribution in [0, 0.1) is 10.1 Å². The molecule has 1 saturated heterocycles. The molecule has 1 aliphatic rings. The summed E-state index contributed by atoms with van der Waals surface area (Å²) in [6.45, 7) is 0.636. The molecule has 1 heterocycles. The zero-order valence-electron chi connectivity index (χ0n) is 11.4. The molecular formula is C12H16N2O4S3. The molecule has 0 radical (unpaired) electrons. The first-order valence-corrected chi connectivity index (χ1v) is 10.4. The van der Waals surface area contributed by atoms with Crippen molar-refractivity contribution < 1.29 is 13.3 Å². The molecule has 0 aliphatic carbocycles. The van der Waals surface area contributed by atoms with Crippen molar-refractivity contribution in [1.82, 2.24) is 0 Å². The Hall–Kier alpha value is -0.930. The summed E-state index contributed by atoms with van der Waals surface area (Å²) in [6, 6.07) is 3.98. The quantitative estimate of drug-likeness (QED) is 0.645. The Balaban J connectivity index is 2.16. The molecule has 0 amide bonds. The van der Waals surface area contributed by atoms with Gasteiger partial charge in [-0.1, -0.05) is 0 Å². The van der Waals surface area contributed by atoms with Crippen molar-refractivity contribution in [2.45, 2.75) is 10.1 Å². The van der Waals surface area contributed by atoms with Gasteiger partial charge in [-0.2, -0.15) is 23.5 Å². The molecule has 1 N–H and O–H groups in total. The summed E-state index contributed by atoms with van der Waals surface area (Å²) in [7, 11) is -3.45. The molecule has 116 valence electrons. The minimum absolute atomic E-state index is 0.0395. The van der Waals surface area contributed by atoms with Crippen LogP contribution in [0.4, 0.5) is 11.4 Å². The van der Waals surface area contributed by atoms with Crippen LogP contribution in [-0.4, -0.2) is 48.7 Å². The normalized spacial score (nSPS) is 19.2. The van der Waals surface area contributed by atoms with Crippen LogP contribution in [0.5, 0.6) is 0 Å². The van der Waals surface area contributed by atoms with Gasteiger partial charge in [0.1, 0.15) is 5.69 Å². The van der Waals surface area contributed by atoms with E-state index in [0.29, 0.717) is 17.5 Å². The maximum Gasteiger partial charge on any atom is 0.293 e. The Kier molecular flexibility index (Phi) is 5.39. The topological polar surface area (TPSA) is 89.3 Å². The van der Waals surface area contributed by atoms with Crippen molar-refractivity contribution in [2.24, 2.45) is 0 Å². The van der Waals surface area contributed by atoms with E-state index in [0.717, 1.165) is 29.6 Å². The van der Waals surface area contributed by atoms with Crippen LogP contribution >= 0.6 is 23.5 Å². The third-order valence-corrected chi connectivity index (χ3v) is 6.95. The second-order valence-corrected chi connectivity index (χ2v) is 9.23. The van der Waals surface area contributed by atoms with E-state index in [-0.39, 0.29) is 10.6 Å². The average molecular weight is 348 g/mol. The fourth-order valence-electron chi connectivity index (χ4n) is 1.92. The van der Waals surface area contributed by atoms with Crippen LogP contribution in [0.15, 0.2) is 23.1 Å². The number of hydrogen-bond acceptors (Lipinski definition) is 7. The molecule has 0 aromatic heterocycles. The van der Waals surface area contributed by atoms with E-state index in [1.165, 1.54) is 12.1 Å². The molecule has 1 aromatic carbocycles. The Morgan fingerprint density at radius 1 is 1.43 bits per heavy atom. The minimum Gasteiger partial charge on any atom is -0.378 e. The zero-order valence-corrected chi connectivity index (χ0v) is 13.9. The van der Waals surface area contributed by atoms with E-state index in [1.54, 1.807) is 0 Å². The molecule has 21 heavy (non-hydrogen) atoms. The van der Waals surface area contributed by atoms with Gasteiger partial charge in [0, 0.05) is 41.4 Å². The van der Waals surface area contributed by atoms with Crippen molar-refractivity contribution in [3.8, 4) is 0 Å². The van der Waals surface area contributed by atoms with Gasteiger partial charge in [0.25, 0.3) is 5.69 Å². The number of nitrogens with one attached hydrogen (secondary N) is 1. The van der Waals surface area contributed by atoms with Crippen LogP contribution < -0.4 is 5.32 Å². The molecule has 0 bridgehead atoms. The van der Waals surface area contributed by atoms with Gasteiger partial charge >= 0.3 is 0 Å². The third-order valence-electron chi connectivity index (χ3n) is 3.00. The van der Waals surface area contributed by atoms with Gasteiger partial charge in [-0.15, -0.1) is 0 Å². The standard InChI is InChI=1S/C12H16N2O4S3/c1-21(17,18)10-2-3-11(12(6-10)14(15)16)13-7-9-8-19-4-5-20-9/h2-3,6,9,13H,4-5,7-8H2,1H3. The number of rotatable bonds is 5.